The summed E-state index contributed by atoms with van der Waals surface area (Å²) in [6.45, 7) is 14.0. The van der Waals surface area contributed by atoms with Gasteiger partial charge in [-0.3, -0.25) is 14.7 Å². The van der Waals surface area contributed by atoms with E-state index >= 15 is 0 Å². The van der Waals surface area contributed by atoms with E-state index in [1.807, 2.05) is 0 Å². The van der Waals surface area contributed by atoms with Gasteiger partial charge in [-0.2, -0.15) is 0 Å². The lowest BCUT2D eigenvalue weighted by Crippen LogP contribution is -2.55. The Morgan fingerprint density at radius 2 is 0.933 bits per heavy atom. The zero-order valence-electron chi connectivity index (χ0n) is 11.7. The largest absolute Gasteiger partial charge is 1.00 e. The second kappa shape index (κ2) is 7.20. The summed E-state index contributed by atoms with van der Waals surface area (Å²) in [6.07, 6.45) is 3.79. The molecule has 3 nitrogen and oxygen atoms in total. The van der Waals surface area contributed by atoms with Gasteiger partial charge in [0.15, 0.2) is 0 Å². The minimum Gasteiger partial charge on any atom is -0.277 e. The van der Waals surface area contributed by atoms with Crippen molar-refractivity contribution in [2.24, 2.45) is 0 Å². The lowest BCUT2D eigenvalue weighted by Gasteiger charge is -2.42. The van der Waals surface area contributed by atoms with Crippen molar-refractivity contribution in [3.63, 3.8) is 0 Å². The average molecular weight is 214 g/mol. The van der Waals surface area contributed by atoms with Gasteiger partial charge >= 0.3 is 1.43 Å². The highest BCUT2D eigenvalue weighted by atomic mass is 15.5. The molecule has 1 saturated heterocycles. The maximum atomic E-state index is 2.56. The maximum absolute atomic E-state index is 2.56. The lowest BCUT2D eigenvalue weighted by molar-refractivity contribution is -0.0289. The Bertz CT molecular complexity index is 132. The molecule has 0 amide bonds. The van der Waals surface area contributed by atoms with Crippen LogP contribution in [0, 0.1) is 0 Å². The number of nitrogens with zero attached hydrogens (tertiary/aromatic N) is 3. The van der Waals surface area contributed by atoms with E-state index in [9.17, 15) is 0 Å². The van der Waals surface area contributed by atoms with Gasteiger partial charge in [0.25, 0.3) is 0 Å². The molecular weight excluding hydrogens is 186 g/mol. The fraction of sp³-hybridized carbons (Fsp3) is 1.00. The van der Waals surface area contributed by atoms with Crippen LogP contribution in [0.3, 0.4) is 0 Å². The smallest absolute Gasteiger partial charge is 0.277 e. The molecule has 1 fully saturated rings. The lowest BCUT2D eigenvalue weighted by atomic mass is 10.3. The van der Waals surface area contributed by atoms with Crippen LogP contribution in [0.2, 0.25) is 0 Å². The zero-order chi connectivity index (χ0) is 11.1. The van der Waals surface area contributed by atoms with Gasteiger partial charge in [-0.05, 0) is 19.3 Å². The minimum atomic E-state index is 0. The van der Waals surface area contributed by atoms with Crippen LogP contribution in [-0.4, -0.2) is 54.3 Å². The van der Waals surface area contributed by atoms with Gasteiger partial charge in [0.05, 0.1) is 20.0 Å². The van der Waals surface area contributed by atoms with E-state index in [1.165, 1.54) is 58.9 Å². The summed E-state index contributed by atoms with van der Waals surface area (Å²) in [5.74, 6) is 0. The van der Waals surface area contributed by atoms with Crippen LogP contribution in [0.15, 0.2) is 0 Å². The predicted molar refractivity (Wildman–Crippen MR) is 66.7 cm³/mol. The van der Waals surface area contributed by atoms with Crippen LogP contribution in [0.5, 0.6) is 0 Å². The van der Waals surface area contributed by atoms with Gasteiger partial charge in [0.1, 0.15) is 0 Å². The van der Waals surface area contributed by atoms with Gasteiger partial charge in [-0.15, -0.1) is 0 Å². The highest BCUT2D eigenvalue weighted by molar-refractivity contribution is 4.68. The molecule has 0 unspecified atom stereocenters. The van der Waals surface area contributed by atoms with Crippen molar-refractivity contribution in [3.8, 4) is 0 Å². The Morgan fingerprint density at radius 1 is 0.667 bits per heavy atom. The second-order valence-corrected chi connectivity index (χ2v) is 4.61. The monoisotopic (exact) mass is 214 g/mol. The molecule has 0 atom stereocenters. The summed E-state index contributed by atoms with van der Waals surface area (Å²) in [4.78, 5) is 7.69. The topological polar surface area (TPSA) is 9.72 Å². The van der Waals surface area contributed by atoms with Crippen LogP contribution >= 0.6 is 0 Å². The Balaban J connectivity index is 0.00000225. The maximum Gasteiger partial charge on any atom is 1.00 e. The molecule has 0 aromatic carbocycles. The van der Waals surface area contributed by atoms with Crippen molar-refractivity contribution in [1.29, 1.82) is 0 Å². The first kappa shape index (κ1) is 12.9. The third kappa shape index (κ3) is 4.49. The quantitative estimate of drug-likeness (QED) is 0.670. The van der Waals surface area contributed by atoms with Gasteiger partial charge in [-0.1, -0.05) is 20.8 Å². The number of hydrogen-bond acceptors (Lipinski definition) is 3. The van der Waals surface area contributed by atoms with Crippen molar-refractivity contribution in [3.05, 3.63) is 0 Å². The molecular formula is C12H28N3+. The van der Waals surface area contributed by atoms with E-state index in [2.05, 4.69) is 35.5 Å². The molecule has 15 heavy (non-hydrogen) atoms. The summed E-state index contributed by atoms with van der Waals surface area (Å²) < 4.78 is 0. The van der Waals surface area contributed by atoms with E-state index in [0.717, 1.165) is 0 Å². The molecule has 1 rings (SSSR count). The summed E-state index contributed by atoms with van der Waals surface area (Å²) in [5.41, 5.74) is 0. The van der Waals surface area contributed by atoms with Crippen molar-refractivity contribution < 1.29 is 1.43 Å². The summed E-state index contributed by atoms with van der Waals surface area (Å²) in [6, 6.07) is 0. The van der Waals surface area contributed by atoms with Crippen LogP contribution < -0.4 is 0 Å². The highest BCUT2D eigenvalue weighted by Gasteiger charge is 2.21. The van der Waals surface area contributed by atoms with E-state index in [4.69, 9.17) is 0 Å². The first-order valence-corrected chi connectivity index (χ1v) is 6.47. The summed E-state index contributed by atoms with van der Waals surface area (Å²) in [7, 11) is 0. The highest BCUT2D eigenvalue weighted by Crippen LogP contribution is 2.08. The first-order valence-electron chi connectivity index (χ1n) is 6.47. The minimum absolute atomic E-state index is 0. The van der Waals surface area contributed by atoms with Crippen molar-refractivity contribution >= 4 is 0 Å². The van der Waals surface area contributed by atoms with Crippen LogP contribution in [0.1, 0.15) is 41.5 Å². The van der Waals surface area contributed by atoms with Gasteiger partial charge in [0.2, 0.25) is 0 Å². The third-order valence-electron chi connectivity index (χ3n) is 2.82. The molecule has 1 aliphatic rings. The molecule has 3 heteroatoms. The fourth-order valence-electron chi connectivity index (χ4n) is 2.36. The average Bonchev–Trinajstić information content (AvgIpc) is 2.19. The van der Waals surface area contributed by atoms with Gasteiger partial charge < -0.3 is 0 Å². The second-order valence-electron chi connectivity index (χ2n) is 4.61. The molecule has 0 aliphatic carbocycles. The third-order valence-corrected chi connectivity index (χ3v) is 2.82. The molecule has 0 radical (unpaired) electrons. The first-order chi connectivity index (χ1) is 7.30. The summed E-state index contributed by atoms with van der Waals surface area (Å²) >= 11 is 0. The number of rotatable bonds is 6. The molecule has 0 aromatic rings. The molecule has 0 aromatic heterocycles. The Labute approximate surface area is 96.5 Å². The van der Waals surface area contributed by atoms with Crippen LogP contribution in [0.25, 0.3) is 0 Å². The molecule has 0 saturated carbocycles. The fourth-order valence-corrected chi connectivity index (χ4v) is 2.36. The van der Waals surface area contributed by atoms with Crippen molar-refractivity contribution in [1.82, 2.24) is 14.7 Å². The predicted octanol–water partition coefficient (Wildman–Crippen LogP) is 2.12. The van der Waals surface area contributed by atoms with E-state index < -0.39 is 0 Å². The molecule has 1 aliphatic heterocycles. The normalized spacial score (nSPS) is 21.0. The van der Waals surface area contributed by atoms with E-state index in [1.54, 1.807) is 0 Å². The van der Waals surface area contributed by atoms with E-state index in [-0.39, 0.29) is 1.43 Å². The van der Waals surface area contributed by atoms with Crippen LogP contribution in [0.4, 0.5) is 0 Å². The molecule has 1 heterocycles. The molecule has 0 N–H and O–H groups in total. The molecule has 0 spiro atoms. The standard InChI is InChI=1S/C12H27N3/c1-4-7-13-10-14(8-5-2)12-15(11-13)9-6-3/h4-12H2,1-3H3/p+1. The van der Waals surface area contributed by atoms with Crippen molar-refractivity contribution in [2.45, 2.75) is 40.0 Å². The Hall–Kier alpha value is -0.120. The Kier molecular flexibility index (Phi) is 6.22. The van der Waals surface area contributed by atoms with Gasteiger partial charge in [0, 0.05) is 19.6 Å². The SMILES string of the molecule is CCCN1CN(CCC)CN(CCC)C1.[H+]. The van der Waals surface area contributed by atoms with Gasteiger partial charge in [-0.25, -0.2) is 0 Å². The van der Waals surface area contributed by atoms with E-state index in [0.29, 0.717) is 0 Å². The number of hydrogen-bond donors (Lipinski definition) is 0. The Morgan fingerprint density at radius 3 is 1.13 bits per heavy atom. The van der Waals surface area contributed by atoms with Crippen molar-refractivity contribution in [2.75, 3.05) is 39.6 Å². The summed E-state index contributed by atoms with van der Waals surface area (Å²) in [5, 5.41) is 0. The molecule has 90 valence electrons. The van der Waals surface area contributed by atoms with Crippen LogP contribution in [-0.2, 0) is 0 Å². The zero-order valence-corrected chi connectivity index (χ0v) is 10.7. The molecule has 0 bridgehead atoms.